The fourth-order valence-electron chi connectivity index (χ4n) is 3.22. The van der Waals surface area contributed by atoms with Crippen LogP contribution >= 0.6 is 0 Å². The molecule has 1 aliphatic carbocycles. The molecule has 0 spiro atoms. The third kappa shape index (κ3) is 2.60. The Kier molecular flexibility index (Phi) is 3.48. The van der Waals surface area contributed by atoms with Crippen LogP contribution in [0.3, 0.4) is 0 Å². The number of alkyl halides is 3. The van der Waals surface area contributed by atoms with Crippen molar-refractivity contribution in [2.24, 2.45) is 17.3 Å². The molecule has 2 aliphatic rings. The molecule has 116 valence electrons. The van der Waals surface area contributed by atoms with Gasteiger partial charge < -0.3 is 14.7 Å². The zero-order chi connectivity index (χ0) is 15.3. The maximum absolute atomic E-state index is 12.8. The fourth-order valence-corrected chi connectivity index (χ4v) is 3.22. The monoisotopic (exact) mass is 295 g/mol. The summed E-state index contributed by atoms with van der Waals surface area (Å²) in [7, 11) is 0. The number of aliphatic hydroxyl groups is 1. The largest absolute Gasteiger partial charge is 0.444 e. The lowest BCUT2D eigenvalue weighted by Gasteiger charge is -2.49. The Labute approximate surface area is 115 Å². The van der Waals surface area contributed by atoms with Gasteiger partial charge in [0.2, 0.25) is 0 Å². The van der Waals surface area contributed by atoms with Crippen LogP contribution in [0.1, 0.15) is 27.2 Å². The first-order valence-electron chi connectivity index (χ1n) is 6.64. The van der Waals surface area contributed by atoms with E-state index in [0.29, 0.717) is 0 Å². The van der Waals surface area contributed by atoms with Crippen molar-refractivity contribution in [3.05, 3.63) is 0 Å². The number of halogens is 3. The predicted octanol–water partition coefficient (Wildman–Crippen LogP) is 2.41. The van der Waals surface area contributed by atoms with Crippen molar-refractivity contribution in [1.29, 1.82) is 0 Å². The molecule has 3 atom stereocenters. The normalized spacial score (nSPS) is 33.6. The van der Waals surface area contributed by atoms with Crippen LogP contribution in [0.25, 0.3) is 0 Å². The van der Waals surface area contributed by atoms with Gasteiger partial charge in [0.25, 0.3) is 0 Å². The zero-order valence-electron chi connectivity index (χ0n) is 11.8. The number of nitrogens with zero attached hydrogens (tertiary/aromatic N) is 1. The highest BCUT2D eigenvalue weighted by molar-refractivity contribution is 5.69. The van der Waals surface area contributed by atoms with Crippen LogP contribution in [0.5, 0.6) is 0 Å². The van der Waals surface area contributed by atoms with Crippen molar-refractivity contribution in [2.75, 3.05) is 19.7 Å². The first kappa shape index (κ1) is 15.4. The van der Waals surface area contributed by atoms with Crippen LogP contribution < -0.4 is 0 Å². The summed E-state index contributed by atoms with van der Waals surface area (Å²) in [6.45, 7) is 4.92. The number of carbonyl (C=O) groups is 1. The maximum atomic E-state index is 12.8. The number of carbonyl (C=O) groups excluding carboxylic acids is 1. The van der Waals surface area contributed by atoms with Crippen LogP contribution in [0.2, 0.25) is 0 Å². The molecule has 1 saturated carbocycles. The summed E-state index contributed by atoms with van der Waals surface area (Å²) in [5.74, 6) is -2.15. The minimum Gasteiger partial charge on any atom is -0.444 e. The first-order valence-corrected chi connectivity index (χ1v) is 6.64. The lowest BCUT2D eigenvalue weighted by Crippen LogP contribution is -2.55. The molecule has 4 nitrogen and oxygen atoms in total. The molecule has 0 aromatic heterocycles. The van der Waals surface area contributed by atoms with Gasteiger partial charge in [-0.2, -0.15) is 13.2 Å². The highest BCUT2D eigenvalue weighted by Crippen LogP contribution is 2.60. The molecule has 0 radical (unpaired) electrons. The summed E-state index contributed by atoms with van der Waals surface area (Å²) >= 11 is 0. The van der Waals surface area contributed by atoms with Gasteiger partial charge in [-0.1, -0.05) is 0 Å². The second-order valence-electron chi connectivity index (χ2n) is 6.84. The highest BCUT2D eigenvalue weighted by atomic mass is 19.4. The van der Waals surface area contributed by atoms with Gasteiger partial charge in [-0.25, -0.2) is 4.79 Å². The standard InChI is InChI=1S/C13H20F3NO3/c1-11(2,3)20-10(19)17-5-9-8(13(14,15)16)4-12(9,6-17)7-18/h8-9,18H,4-7H2,1-3H3/t8-,9+,12+/m0/s1. The van der Waals surface area contributed by atoms with E-state index in [1.165, 1.54) is 4.90 Å². The third-order valence-corrected chi connectivity index (χ3v) is 4.21. The van der Waals surface area contributed by atoms with Crippen molar-refractivity contribution >= 4 is 6.09 Å². The molecular formula is C13H20F3NO3. The Hall–Kier alpha value is -0.980. The van der Waals surface area contributed by atoms with Gasteiger partial charge in [-0.15, -0.1) is 0 Å². The van der Waals surface area contributed by atoms with E-state index >= 15 is 0 Å². The number of rotatable bonds is 1. The number of likely N-dealkylation sites (tertiary alicyclic amines) is 1. The molecule has 1 amide bonds. The van der Waals surface area contributed by atoms with Crippen LogP contribution in [-0.4, -0.2) is 47.6 Å². The number of aliphatic hydroxyl groups excluding tert-OH is 1. The number of fused-ring (bicyclic) bond motifs is 1. The number of amides is 1. The molecule has 1 aliphatic heterocycles. The van der Waals surface area contributed by atoms with Gasteiger partial charge in [-0.05, 0) is 33.1 Å². The smallest absolute Gasteiger partial charge is 0.410 e. The molecule has 2 fully saturated rings. The summed E-state index contributed by atoms with van der Waals surface area (Å²) in [5.41, 5.74) is -1.49. The van der Waals surface area contributed by atoms with Gasteiger partial charge in [0, 0.05) is 18.5 Å². The minimum absolute atomic E-state index is 0.000347. The zero-order valence-corrected chi connectivity index (χ0v) is 11.8. The summed E-state index contributed by atoms with van der Waals surface area (Å²) in [5, 5.41) is 9.42. The molecular weight excluding hydrogens is 275 g/mol. The summed E-state index contributed by atoms with van der Waals surface area (Å²) in [6, 6.07) is 0. The number of ether oxygens (including phenoxy) is 1. The topological polar surface area (TPSA) is 49.8 Å². The fraction of sp³-hybridized carbons (Fsp3) is 0.923. The van der Waals surface area contributed by atoms with Crippen LogP contribution in [0, 0.1) is 17.3 Å². The van der Waals surface area contributed by atoms with E-state index < -0.39 is 35.1 Å². The average Bonchev–Trinajstić information content (AvgIpc) is 2.49. The average molecular weight is 295 g/mol. The highest BCUT2D eigenvalue weighted by Gasteiger charge is 2.66. The Bertz CT molecular complexity index is 405. The summed E-state index contributed by atoms with van der Waals surface area (Å²) in [4.78, 5) is 13.2. The van der Waals surface area contributed by atoms with Gasteiger partial charge in [-0.3, -0.25) is 0 Å². The molecule has 0 bridgehead atoms. The van der Waals surface area contributed by atoms with Crippen molar-refractivity contribution in [3.8, 4) is 0 Å². The van der Waals surface area contributed by atoms with E-state index in [1.54, 1.807) is 20.8 Å². The predicted molar refractivity (Wildman–Crippen MR) is 65.0 cm³/mol. The molecule has 0 aromatic carbocycles. The summed E-state index contributed by atoms with van der Waals surface area (Å²) in [6.07, 6.45) is -5.00. The van der Waals surface area contributed by atoms with E-state index in [4.69, 9.17) is 4.74 Å². The van der Waals surface area contributed by atoms with Crippen molar-refractivity contribution in [1.82, 2.24) is 4.90 Å². The maximum Gasteiger partial charge on any atom is 0.410 e. The molecule has 0 aromatic rings. The minimum atomic E-state index is -4.27. The van der Waals surface area contributed by atoms with Crippen molar-refractivity contribution in [2.45, 2.75) is 39.0 Å². The van der Waals surface area contributed by atoms with Gasteiger partial charge in [0.15, 0.2) is 0 Å². The molecule has 1 saturated heterocycles. The Morgan fingerprint density at radius 3 is 2.45 bits per heavy atom. The SMILES string of the molecule is CC(C)(C)OC(=O)N1C[C@@H]2[C@@H](C(F)(F)F)C[C@]2(CO)C1. The van der Waals surface area contributed by atoms with E-state index in [9.17, 15) is 23.1 Å². The Morgan fingerprint density at radius 1 is 1.40 bits per heavy atom. The second kappa shape index (κ2) is 4.51. The van der Waals surface area contributed by atoms with Crippen molar-refractivity contribution in [3.63, 3.8) is 0 Å². The van der Waals surface area contributed by atoms with E-state index in [-0.39, 0.29) is 26.1 Å². The van der Waals surface area contributed by atoms with Gasteiger partial charge in [0.1, 0.15) is 5.60 Å². The van der Waals surface area contributed by atoms with E-state index in [1.807, 2.05) is 0 Å². The molecule has 0 unspecified atom stereocenters. The lowest BCUT2D eigenvalue weighted by molar-refractivity contribution is -0.245. The molecule has 2 rings (SSSR count). The Morgan fingerprint density at radius 2 is 2.00 bits per heavy atom. The molecule has 1 heterocycles. The number of hydrogen-bond acceptors (Lipinski definition) is 3. The molecule has 7 heteroatoms. The van der Waals surface area contributed by atoms with Crippen LogP contribution in [0.4, 0.5) is 18.0 Å². The van der Waals surface area contributed by atoms with Gasteiger partial charge in [0.05, 0.1) is 12.5 Å². The van der Waals surface area contributed by atoms with Gasteiger partial charge >= 0.3 is 12.3 Å². The number of hydrogen-bond donors (Lipinski definition) is 1. The quantitative estimate of drug-likeness (QED) is 0.808. The van der Waals surface area contributed by atoms with Crippen molar-refractivity contribution < 1.29 is 27.8 Å². The molecule has 20 heavy (non-hydrogen) atoms. The van der Waals surface area contributed by atoms with Crippen LogP contribution in [-0.2, 0) is 4.74 Å². The molecule has 1 N–H and O–H groups in total. The second-order valence-corrected chi connectivity index (χ2v) is 6.84. The van der Waals surface area contributed by atoms with Crippen LogP contribution in [0.15, 0.2) is 0 Å². The first-order chi connectivity index (χ1) is 8.98. The lowest BCUT2D eigenvalue weighted by atomic mass is 9.55. The third-order valence-electron chi connectivity index (χ3n) is 4.21. The van der Waals surface area contributed by atoms with E-state index in [2.05, 4.69) is 0 Å². The summed E-state index contributed by atoms with van der Waals surface area (Å²) < 4.78 is 43.7. The van der Waals surface area contributed by atoms with E-state index in [0.717, 1.165) is 0 Å². The Balaban J connectivity index is 2.07.